The van der Waals surface area contributed by atoms with Gasteiger partial charge in [0.2, 0.25) is 0 Å². The highest BCUT2D eigenvalue weighted by Gasteiger charge is 2.40. The highest BCUT2D eigenvalue weighted by atomic mass is 32.2. The lowest BCUT2D eigenvalue weighted by Crippen LogP contribution is -2.44. The van der Waals surface area contributed by atoms with E-state index < -0.39 is 0 Å². The van der Waals surface area contributed by atoms with Crippen LogP contribution >= 0.6 is 11.8 Å². The largest absolute Gasteiger partial charge is 0.381 e. The summed E-state index contributed by atoms with van der Waals surface area (Å²) in [4.78, 5) is 14.2. The molecule has 5 heteroatoms. The van der Waals surface area contributed by atoms with Gasteiger partial charge in [-0.1, -0.05) is 0 Å². The summed E-state index contributed by atoms with van der Waals surface area (Å²) < 4.78 is 5.44. The molecule has 1 unspecified atom stereocenters. The van der Waals surface area contributed by atoms with Crippen molar-refractivity contribution in [2.45, 2.75) is 38.6 Å². The van der Waals surface area contributed by atoms with Crippen molar-refractivity contribution >= 4 is 17.8 Å². The Labute approximate surface area is 120 Å². The molecule has 2 rings (SSSR count). The summed E-state index contributed by atoms with van der Waals surface area (Å²) >= 11 is 1.83. The average Bonchev–Trinajstić information content (AvgIpc) is 2.81. The van der Waals surface area contributed by atoms with Gasteiger partial charge in [0.05, 0.1) is 0 Å². The Kier molecular flexibility index (Phi) is 5.39. The zero-order valence-electron chi connectivity index (χ0n) is 12.1. The number of amides is 2. The molecule has 1 N–H and O–H groups in total. The van der Waals surface area contributed by atoms with E-state index in [2.05, 4.69) is 18.5 Å². The molecule has 4 nitrogen and oxygen atoms in total. The third-order valence-electron chi connectivity index (χ3n) is 4.40. The van der Waals surface area contributed by atoms with Crippen molar-refractivity contribution in [1.82, 2.24) is 10.2 Å². The number of likely N-dealkylation sites (tertiary alicyclic amines) is 1. The number of ether oxygens (including phenoxy) is 1. The Balaban J connectivity index is 1.78. The van der Waals surface area contributed by atoms with Crippen LogP contribution in [-0.2, 0) is 4.74 Å². The van der Waals surface area contributed by atoms with E-state index in [-0.39, 0.29) is 12.1 Å². The second-order valence-electron chi connectivity index (χ2n) is 5.92. The summed E-state index contributed by atoms with van der Waals surface area (Å²) in [6, 6.07) is 0.392. The molecule has 0 bridgehead atoms. The summed E-state index contributed by atoms with van der Waals surface area (Å²) in [6.45, 7) is 5.63. The lowest BCUT2D eigenvalue weighted by molar-refractivity contribution is 0.0208. The summed E-state index contributed by atoms with van der Waals surface area (Å²) in [5, 5.41) is 3.12. The molecule has 0 aromatic carbocycles. The average molecular weight is 286 g/mol. The Bertz CT molecular complexity index is 306. The van der Waals surface area contributed by atoms with Crippen molar-refractivity contribution < 1.29 is 9.53 Å². The molecule has 2 heterocycles. The van der Waals surface area contributed by atoms with E-state index in [1.165, 1.54) is 0 Å². The van der Waals surface area contributed by atoms with Crippen molar-refractivity contribution in [3.8, 4) is 0 Å². The lowest BCUT2D eigenvalue weighted by atomic mass is 9.80. The fourth-order valence-electron chi connectivity index (χ4n) is 2.99. The molecule has 1 atom stereocenters. The van der Waals surface area contributed by atoms with Crippen molar-refractivity contribution in [1.29, 1.82) is 0 Å². The molecule has 0 aromatic heterocycles. The van der Waals surface area contributed by atoms with Gasteiger partial charge in [0.25, 0.3) is 0 Å². The third-order valence-corrected chi connectivity index (χ3v) is 5.05. The third kappa shape index (κ3) is 4.02. The highest BCUT2D eigenvalue weighted by Crippen LogP contribution is 2.39. The molecular formula is C14H26N2O2S. The van der Waals surface area contributed by atoms with Crippen LogP contribution in [0, 0.1) is 5.41 Å². The quantitative estimate of drug-likeness (QED) is 0.862. The molecule has 2 aliphatic rings. The summed E-state index contributed by atoms with van der Waals surface area (Å²) in [5.74, 6) is 1.10. The second-order valence-corrected chi connectivity index (χ2v) is 6.90. The van der Waals surface area contributed by atoms with Gasteiger partial charge in [0.15, 0.2) is 0 Å². The predicted octanol–water partition coefficient (Wildman–Crippen LogP) is 2.34. The number of hydrogen-bond acceptors (Lipinski definition) is 3. The topological polar surface area (TPSA) is 41.6 Å². The molecule has 2 aliphatic heterocycles. The first-order chi connectivity index (χ1) is 9.15. The summed E-state index contributed by atoms with van der Waals surface area (Å²) in [7, 11) is 0. The SMILES string of the molecule is CSCCC(C)NC(=O)N1CCC2(CCOCC2)C1. The Morgan fingerprint density at radius 1 is 1.42 bits per heavy atom. The minimum Gasteiger partial charge on any atom is -0.381 e. The van der Waals surface area contributed by atoms with E-state index in [1.807, 2.05) is 16.7 Å². The minimum absolute atomic E-state index is 0.122. The maximum absolute atomic E-state index is 12.2. The van der Waals surface area contributed by atoms with Crippen LogP contribution in [0.1, 0.15) is 32.6 Å². The number of thioether (sulfide) groups is 1. The number of urea groups is 1. The van der Waals surface area contributed by atoms with Crippen molar-refractivity contribution in [2.24, 2.45) is 5.41 Å². The number of hydrogen-bond donors (Lipinski definition) is 1. The van der Waals surface area contributed by atoms with Crippen LogP contribution in [0.3, 0.4) is 0 Å². The van der Waals surface area contributed by atoms with Crippen LogP contribution in [0.15, 0.2) is 0 Å². The van der Waals surface area contributed by atoms with Gasteiger partial charge in [-0.25, -0.2) is 4.79 Å². The van der Waals surface area contributed by atoms with Gasteiger partial charge >= 0.3 is 6.03 Å². The van der Waals surface area contributed by atoms with Gasteiger partial charge in [0.1, 0.15) is 0 Å². The molecule has 2 fully saturated rings. The van der Waals surface area contributed by atoms with Crippen LogP contribution < -0.4 is 5.32 Å². The van der Waals surface area contributed by atoms with E-state index >= 15 is 0 Å². The number of nitrogens with one attached hydrogen (secondary N) is 1. The van der Waals surface area contributed by atoms with Gasteiger partial charge in [-0.05, 0) is 50.0 Å². The normalized spacial score (nSPS) is 23.6. The van der Waals surface area contributed by atoms with E-state index in [0.29, 0.717) is 5.41 Å². The van der Waals surface area contributed by atoms with Crippen LogP contribution in [-0.4, -0.2) is 55.3 Å². The maximum atomic E-state index is 12.2. The molecule has 2 amide bonds. The first-order valence-corrected chi connectivity index (χ1v) is 8.67. The van der Waals surface area contributed by atoms with Crippen LogP contribution in [0.5, 0.6) is 0 Å². The van der Waals surface area contributed by atoms with E-state index in [9.17, 15) is 4.79 Å². The highest BCUT2D eigenvalue weighted by molar-refractivity contribution is 7.98. The molecule has 19 heavy (non-hydrogen) atoms. The Hall–Kier alpha value is -0.420. The fourth-order valence-corrected chi connectivity index (χ4v) is 3.58. The van der Waals surface area contributed by atoms with E-state index in [1.54, 1.807) is 0 Å². The molecule has 2 saturated heterocycles. The number of rotatable bonds is 4. The van der Waals surface area contributed by atoms with E-state index in [0.717, 1.165) is 57.7 Å². The lowest BCUT2D eigenvalue weighted by Gasteiger charge is -2.33. The standard InChI is InChI=1S/C14H26N2O2S/c1-12(3-10-19-2)15-13(17)16-7-4-14(11-16)5-8-18-9-6-14/h12H,3-11H2,1-2H3,(H,15,17). The molecule has 0 saturated carbocycles. The maximum Gasteiger partial charge on any atom is 0.317 e. The van der Waals surface area contributed by atoms with Gasteiger partial charge in [-0.2, -0.15) is 11.8 Å². The van der Waals surface area contributed by atoms with Gasteiger partial charge in [-0.15, -0.1) is 0 Å². The fraction of sp³-hybridized carbons (Fsp3) is 0.929. The first-order valence-electron chi connectivity index (χ1n) is 7.27. The number of carbonyl (C=O) groups excluding carboxylic acids is 1. The van der Waals surface area contributed by atoms with Crippen LogP contribution in [0.25, 0.3) is 0 Å². The van der Waals surface area contributed by atoms with Gasteiger partial charge < -0.3 is 15.0 Å². The smallest absolute Gasteiger partial charge is 0.317 e. The Morgan fingerprint density at radius 3 is 2.84 bits per heavy atom. The zero-order valence-corrected chi connectivity index (χ0v) is 12.9. The van der Waals surface area contributed by atoms with Crippen LogP contribution in [0.2, 0.25) is 0 Å². The molecule has 1 spiro atoms. The van der Waals surface area contributed by atoms with Gasteiger partial charge in [-0.3, -0.25) is 0 Å². The van der Waals surface area contributed by atoms with Crippen molar-refractivity contribution in [3.63, 3.8) is 0 Å². The monoisotopic (exact) mass is 286 g/mol. The summed E-state index contributed by atoms with van der Waals surface area (Å²) in [6.07, 6.45) is 6.50. The predicted molar refractivity (Wildman–Crippen MR) is 79.7 cm³/mol. The second kappa shape index (κ2) is 6.84. The Morgan fingerprint density at radius 2 is 2.16 bits per heavy atom. The molecule has 0 aromatic rings. The van der Waals surface area contributed by atoms with Crippen LogP contribution in [0.4, 0.5) is 4.79 Å². The summed E-state index contributed by atoms with van der Waals surface area (Å²) in [5.41, 5.74) is 0.345. The zero-order chi connectivity index (χ0) is 13.7. The molecule has 0 aliphatic carbocycles. The first kappa shape index (κ1) is 15.0. The van der Waals surface area contributed by atoms with Crippen molar-refractivity contribution in [2.75, 3.05) is 38.3 Å². The molecule has 110 valence electrons. The number of nitrogens with zero attached hydrogens (tertiary/aromatic N) is 1. The minimum atomic E-state index is 0.122. The number of carbonyl (C=O) groups is 1. The van der Waals surface area contributed by atoms with Crippen molar-refractivity contribution in [3.05, 3.63) is 0 Å². The van der Waals surface area contributed by atoms with E-state index in [4.69, 9.17) is 4.74 Å². The van der Waals surface area contributed by atoms with Gasteiger partial charge in [0, 0.05) is 32.3 Å². The molecule has 0 radical (unpaired) electrons. The molecular weight excluding hydrogens is 260 g/mol.